The Bertz CT molecular complexity index is 170. The van der Waals surface area contributed by atoms with Crippen LogP contribution in [0.1, 0.15) is 53.9 Å². The smallest absolute Gasteiger partial charge is 0.0116 e. The highest BCUT2D eigenvalue weighted by Gasteiger charge is 2.33. The highest BCUT2D eigenvalue weighted by Crippen LogP contribution is 2.38. The van der Waals surface area contributed by atoms with Gasteiger partial charge in [0.15, 0.2) is 0 Å². The molecule has 0 bridgehead atoms. The van der Waals surface area contributed by atoms with Gasteiger partial charge in [0.2, 0.25) is 0 Å². The SMILES string of the molecule is CC1CC(C)CC(C(N)C(C)(C)C)C1. The fourth-order valence-electron chi connectivity index (χ4n) is 3.01. The van der Waals surface area contributed by atoms with E-state index in [9.17, 15) is 0 Å². The minimum atomic E-state index is 0.265. The highest BCUT2D eigenvalue weighted by atomic mass is 14.7. The van der Waals surface area contributed by atoms with Crippen LogP contribution in [-0.2, 0) is 0 Å². The molecule has 14 heavy (non-hydrogen) atoms. The standard InChI is InChI=1S/C13H27N/c1-9-6-10(2)8-11(7-9)12(14)13(3,4)5/h9-12H,6-8,14H2,1-5H3. The monoisotopic (exact) mass is 197 g/mol. The van der Waals surface area contributed by atoms with E-state index in [1.54, 1.807) is 0 Å². The van der Waals surface area contributed by atoms with Crippen molar-refractivity contribution in [3.05, 3.63) is 0 Å². The van der Waals surface area contributed by atoms with Gasteiger partial charge in [-0.2, -0.15) is 0 Å². The molecular weight excluding hydrogens is 170 g/mol. The zero-order valence-electron chi connectivity index (χ0n) is 10.5. The molecule has 1 heteroatoms. The van der Waals surface area contributed by atoms with Gasteiger partial charge < -0.3 is 5.73 Å². The van der Waals surface area contributed by atoms with Crippen molar-refractivity contribution in [3.8, 4) is 0 Å². The molecule has 3 unspecified atom stereocenters. The summed E-state index contributed by atoms with van der Waals surface area (Å²) >= 11 is 0. The first-order chi connectivity index (χ1) is 6.30. The quantitative estimate of drug-likeness (QED) is 0.684. The molecule has 0 heterocycles. The predicted octanol–water partition coefficient (Wildman–Crippen LogP) is 3.43. The van der Waals surface area contributed by atoms with Crippen LogP contribution in [0.3, 0.4) is 0 Å². The van der Waals surface area contributed by atoms with Gasteiger partial charge in [-0.05, 0) is 42.4 Å². The molecule has 1 nitrogen and oxygen atoms in total. The molecule has 1 saturated carbocycles. The summed E-state index contributed by atoms with van der Waals surface area (Å²) in [5.74, 6) is 2.49. The Morgan fingerprint density at radius 1 is 1.00 bits per heavy atom. The van der Waals surface area contributed by atoms with E-state index in [2.05, 4.69) is 34.6 Å². The summed E-state index contributed by atoms with van der Waals surface area (Å²) in [5.41, 5.74) is 6.62. The third kappa shape index (κ3) is 2.98. The largest absolute Gasteiger partial charge is 0.327 e. The minimum Gasteiger partial charge on any atom is -0.327 e. The second kappa shape index (κ2) is 4.22. The lowest BCUT2D eigenvalue weighted by Crippen LogP contribution is -2.44. The maximum absolute atomic E-state index is 6.35. The van der Waals surface area contributed by atoms with Gasteiger partial charge in [-0.15, -0.1) is 0 Å². The zero-order chi connectivity index (χ0) is 10.9. The van der Waals surface area contributed by atoms with E-state index in [0.29, 0.717) is 6.04 Å². The van der Waals surface area contributed by atoms with Gasteiger partial charge in [-0.1, -0.05) is 34.6 Å². The third-order valence-corrected chi connectivity index (χ3v) is 3.72. The molecule has 1 aliphatic rings. The lowest BCUT2D eigenvalue weighted by Gasteiger charge is -2.40. The maximum atomic E-state index is 6.35. The molecule has 3 atom stereocenters. The molecule has 0 amide bonds. The summed E-state index contributed by atoms with van der Waals surface area (Å²) in [6.45, 7) is 11.5. The van der Waals surface area contributed by atoms with Gasteiger partial charge in [0.25, 0.3) is 0 Å². The van der Waals surface area contributed by atoms with Crippen molar-refractivity contribution in [3.63, 3.8) is 0 Å². The molecule has 0 saturated heterocycles. The molecule has 2 N–H and O–H groups in total. The van der Waals surface area contributed by atoms with Crippen molar-refractivity contribution in [2.75, 3.05) is 0 Å². The second-order valence-corrected chi connectivity index (χ2v) is 6.57. The van der Waals surface area contributed by atoms with Gasteiger partial charge in [0.05, 0.1) is 0 Å². The number of hydrogen-bond donors (Lipinski definition) is 1. The summed E-state index contributed by atoms with van der Waals surface area (Å²) < 4.78 is 0. The topological polar surface area (TPSA) is 26.0 Å². The lowest BCUT2D eigenvalue weighted by atomic mass is 9.68. The van der Waals surface area contributed by atoms with Crippen LogP contribution in [0.5, 0.6) is 0 Å². The molecule has 0 radical (unpaired) electrons. The molecule has 1 fully saturated rings. The Morgan fingerprint density at radius 2 is 1.43 bits per heavy atom. The Balaban J connectivity index is 2.59. The molecule has 0 aromatic rings. The Morgan fingerprint density at radius 3 is 1.79 bits per heavy atom. The third-order valence-electron chi connectivity index (χ3n) is 3.72. The molecule has 0 aliphatic heterocycles. The van der Waals surface area contributed by atoms with Crippen LogP contribution in [0.15, 0.2) is 0 Å². The minimum absolute atomic E-state index is 0.265. The van der Waals surface area contributed by atoms with Crippen LogP contribution in [0.2, 0.25) is 0 Å². The molecule has 1 aliphatic carbocycles. The summed E-state index contributed by atoms with van der Waals surface area (Å²) in [6.07, 6.45) is 4.07. The van der Waals surface area contributed by atoms with Crippen molar-refractivity contribution in [1.82, 2.24) is 0 Å². The van der Waals surface area contributed by atoms with Gasteiger partial charge in [0.1, 0.15) is 0 Å². The van der Waals surface area contributed by atoms with Crippen molar-refractivity contribution < 1.29 is 0 Å². The van der Waals surface area contributed by atoms with Crippen LogP contribution >= 0.6 is 0 Å². The second-order valence-electron chi connectivity index (χ2n) is 6.57. The normalized spacial score (nSPS) is 36.9. The molecule has 0 aromatic carbocycles. The number of nitrogens with two attached hydrogens (primary N) is 1. The van der Waals surface area contributed by atoms with Crippen molar-refractivity contribution in [2.45, 2.75) is 59.9 Å². The summed E-state index contributed by atoms with van der Waals surface area (Å²) in [5, 5.41) is 0. The van der Waals surface area contributed by atoms with Crippen molar-refractivity contribution in [1.29, 1.82) is 0 Å². The van der Waals surface area contributed by atoms with E-state index >= 15 is 0 Å². The van der Waals surface area contributed by atoms with Crippen molar-refractivity contribution >= 4 is 0 Å². The average Bonchev–Trinajstić information content (AvgIpc) is 1.99. The van der Waals surface area contributed by atoms with Crippen LogP contribution in [-0.4, -0.2) is 6.04 Å². The molecule has 0 aromatic heterocycles. The van der Waals surface area contributed by atoms with Gasteiger partial charge in [-0.3, -0.25) is 0 Å². The van der Waals surface area contributed by atoms with Gasteiger partial charge >= 0.3 is 0 Å². The first kappa shape index (κ1) is 12.0. The van der Waals surface area contributed by atoms with Crippen LogP contribution in [0.25, 0.3) is 0 Å². The van der Waals surface area contributed by atoms with Crippen LogP contribution < -0.4 is 5.73 Å². The number of rotatable bonds is 1. The Kier molecular flexibility index (Phi) is 3.63. The molecule has 84 valence electrons. The summed E-state index contributed by atoms with van der Waals surface area (Å²) in [7, 11) is 0. The fraction of sp³-hybridized carbons (Fsp3) is 1.00. The Labute approximate surface area is 89.5 Å². The van der Waals surface area contributed by atoms with E-state index in [-0.39, 0.29) is 5.41 Å². The number of hydrogen-bond acceptors (Lipinski definition) is 1. The van der Waals surface area contributed by atoms with Crippen molar-refractivity contribution in [2.24, 2.45) is 28.9 Å². The predicted molar refractivity (Wildman–Crippen MR) is 63.1 cm³/mol. The summed E-state index contributed by atoms with van der Waals surface area (Å²) in [4.78, 5) is 0. The molecule has 0 spiro atoms. The first-order valence-electron chi connectivity index (χ1n) is 6.06. The van der Waals surface area contributed by atoms with Gasteiger partial charge in [0, 0.05) is 6.04 Å². The average molecular weight is 197 g/mol. The van der Waals surface area contributed by atoms with E-state index in [0.717, 1.165) is 17.8 Å². The highest BCUT2D eigenvalue weighted by molar-refractivity contribution is 4.88. The van der Waals surface area contributed by atoms with E-state index in [1.165, 1.54) is 19.3 Å². The Hall–Kier alpha value is -0.0400. The lowest BCUT2D eigenvalue weighted by molar-refractivity contribution is 0.137. The van der Waals surface area contributed by atoms with E-state index < -0.39 is 0 Å². The zero-order valence-corrected chi connectivity index (χ0v) is 10.5. The summed E-state index contributed by atoms with van der Waals surface area (Å²) in [6, 6.07) is 0.368. The molecule has 1 rings (SSSR count). The van der Waals surface area contributed by atoms with Crippen LogP contribution in [0, 0.1) is 23.2 Å². The van der Waals surface area contributed by atoms with E-state index in [1.807, 2.05) is 0 Å². The van der Waals surface area contributed by atoms with E-state index in [4.69, 9.17) is 5.73 Å². The fourth-order valence-corrected chi connectivity index (χ4v) is 3.01. The maximum Gasteiger partial charge on any atom is 0.0116 e. The first-order valence-corrected chi connectivity index (χ1v) is 6.06. The van der Waals surface area contributed by atoms with Crippen LogP contribution in [0.4, 0.5) is 0 Å². The van der Waals surface area contributed by atoms with Gasteiger partial charge in [-0.25, -0.2) is 0 Å². The molecular formula is C13H27N.